The highest BCUT2D eigenvalue weighted by Crippen LogP contribution is 2.33. The van der Waals surface area contributed by atoms with E-state index in [4.69, 9.17) is 0 Å². The molecule has 7 heteroatoms. The highest BCUT2D eigenvalue weighted by molar-refractivity contribution is 5.96. The van der Waals surface area contributed by atoms with Gasteiger partial charge in [-0.05, 0) is 56.6 Å². The molecule has 26 heavy (non-hydrogen) atoms. The van der Waals surface area contributed by atoms with Gasteiger partial charge in [0.25, 0.3) is 0 Å². The Morgan fingerprint density at radius 2 is 2.08 bits per heavy atom. The van der Waals surface area contributed by atoms with E-state index in [1.54, 1.807) is 18.2 Å². The van der Waals surface area contributed by atoms with Gasteiger partial charge in [-0.3, -0.25) is 9.69 Å². The van der Waals surface area contributed by atoms with Gasteiger partial charge in [-0.2, -0.15) is 0 Å². The number of nitrogens with zero attached hydrogens (tertiary/aromatic N) is 2. The summed E-state index contributed by atoms with van der Waals surface area (Å²) in [6.07, 6.45) is 4.19. The number of carbonyl (C=O) groups excluding carboxylic acids is 1. The summed E-state index contributed by atoms with van der Waals surface area (Å²) >= 11 is 0. The van der Waals surface area contributed by atoms with Gasteiger partial charge in [-0.1, -0.05) is 0 Å². The van der Waals surface area contributed by atoms with E-state index in [2.05, 4.69) is 30.8 Å². The second-order valence-corrected chi connectivity index (χ2v) is 6.94. The number of benzene rings is 1. The summed E-state index contributed by atoms with van der Waals surface area (Å²) in [6.45, 7) is 2.86. The lowest BCUT2D eigenvalue weighted by atomic mass is 10.1. The fourth-order valence-corrected chi connectivity index (χ4v) is 3.90. The van der Waals surface area contributed by atoms with E-state index in [-0.39, 0.29) is 23.7 Å². The SMILES string of the molecule is C[C@H](C(=O)Nc1ccc2[nH]c(=O)[nH]c2c1)N1CCC[C@H]1c1cccn1C. The molecule has 0 saturated carbocycles. The predicted octanol–water partition coefficient (Wildman–Crippen LogP) is 2.36. The predicted molar refractivity (Wildman–Crippen MR) is 101 cm³/mol. The van der Waals surface area contributed by atoms with Crippen molar-refractivity contribution in [1.29, 1.82) is 0 Å². The molecule has 1 saturated heterocycles. The van der Waals surface area contributed by atoms with Crippen LogP contribution >= 0.6 is 0 Å². The molecule has 4 rings (SSSR count). The lowest BCUT2D eigenvalue weighted by Crippen LogP contribution is -2.42. The zero-order valence-corrected chi connectivity index (χ0v) is 15.0. The number of likely N-dealkylation sites (tertiary alicyclic amines) is 1. The van der Waals surface area contributed by atoms with Crippen molar-refractivity contribution in [3.8, 4) is 0 Å². The second-order valence-electron chi connectivity index (χ2n) is 6.94. The zero-order chi connectivity index (χ0) is 18.3. The number of imidazole rings is 1. The molecule has 7 nitrogen and oxygen atoms in total. The maximum atomic E-state index is 12.8. The Labute approximate surface area is 151 Å². The monoisotopic (exact) mass is 353 g/mol. The first kappa shape index (κ1) is 16.7. The quantitative estimate of drug-likeness (QED) is 0.673. The van der Waals surface area contributed by atoms with Crippen LogP contribution in [-0.2, 0) is 11.8 Å². The Balaban J connectivity index is 1.51. The molecule has 3 aromatic rings. The Bertz CT molecular complexity index is 999. The number of rotatable bonds is 4. The molecule has 2 aromatic heterocycles. The van der Waals surface area contributed by atoms with Crippen LogP contribution in [0.15, 0.2) is 41.3 Å². The first-order chi connectivity index (χ1) is 12.5. The maximum Gasteiger partial charge on any atom is 0.323 e. The molecule has 136 valence electrons. The van der Waals surface area contributed by atoms with Crippen LogP contribution in [0, 0.1) is 0 Å². The molecular formula is C19H23N5O2. The lowest BCUT2D eigenvalue weighted by Gasteiger charge is -2.30. The molecule has 2 atom stereocenters. The number of anilines is 1. The molecule has 0 aliphatic carbocycles. The van der Waals surface area contributed by atoms with Crippen molar-refractivity contribution >= 4 is 22.6 Å². The smallest absolute Gasteiger partial charge is 0.323 e. The summed E-state index contributed by atoms with van der Waals surface area (Å²) in [4.78, 5) is 31.9. The molecule has 0 bridgehead atoms. The van der Waals surface area contributed by atoms with E-state index in [0.29, 0.717) is 11.2 Å². The zero-order valence-electron chi connectivity index (χ0n) is 15.0. The number of aromatic nitrogens is 3. The van der Waals surface area contributed by atoms with Crippen molar-refractivity contribution in [3.63, 3.8) is 0 Å². The number of aryl methyl sites for hydroxylation is 1. The van der Waals surface area contributed by atoms with E-state index in [0.717, 1.165) is 24.9 Å². The average molecular weight is 353 g/mol. The van der Waals surface area contributed by atoms with Crippen LogP contribution in [0.3, 0.4) is 0 Å². The van der Waals surface area contributed by atoms with Crippen LogP contribution in [0.2, 0.25) is 0 Å². The van der Waals surface area contributed by atoms with E-state index in [1.807, 2.05) is 26.2 Å². The topological polar surface area (TPSA) is 85.9 Å². The van der Waals surface area contributed by atoms with Gasteiger partial charge in [0, 0.05) is 24.6 Å². The van der Waals surface area contributed by atoms with Gasteiger partial charge in [0.1, 0.15) is 0 Å². The van der Waals surface area contributed by atoms with Crippen LogP contribution in [-0.4, -0.2) is 37.9 Å². The van der Waals surface area contributed by atoms with Crippen LogP contribution in [0.25, 0.3) is 11.0 Å². The van der Waals surface area contributed by atoms with Gasteiger partial charge in [-0.15, -0.1) is 0 Å². The number of carbonyl (C=O) groups is 1. The fourth-order valence-electron chi connectivity index (χ4n) is 3.90. The average Bonchev–Trinajstić information content (AvgIpc) is 3.31. The molecule has 1 amide bonds. The van der Waals surface area contributed by atoms with Crippen LogP contribution in [0.5, 0.6) is 0 Å². The van der Waals surface area contributed by atoms with Crippen LogP contribution in [0.1, 0.15) is 31.5 Å². The minimum Gasteiger partial charge on any atom is -0.353 e. The van der Waals surface area contributed by atoms with Gasteiger partial charge in [-0.25, -0.2) is 4.79 Å². The van der Waals surface area contributed by atoms with E-state index in [1.165, 1.54) is 5.69 Å². The van der Waals surface area contributed by atoms with Crippen molar-refractivity contribution in [2.45, 2.75) is 31.8 Å². The molecular weight excluding hydrogens is 330 g/mol. The van der Waals surface area contributed by atoms with Gasteiger partial charge in [0.15, 0.2) is 0 Å². The molecule has 0 radical (unpaired) electrons. The lowest BCUT2D eigenvalue weighted by molar-refractivity contribution is -0.121. The standard InChI is InChI=1S/C19H23N5O2/c1-12(24-10-4-6-17(24)16-5-3-9-23(16)2)18(25)20-13-7-8-14-15(11-13)22-19(26)21-14/h3,5,7-9,11-12,17H,4,6,10H2,1-2H3,(H,20,25)(H2,21,22,26)/t12-,17+/m1/s1. The van der Waals surface area contributed by atoms with Gasteiger partial charge < -0.3 is 19.9 Å². The highest BCUT2D eigenvalue weighted by Gasteiger charge is 2.34. The minimum absolute atomic E-state index is 0.0386. The summed E-state index contributed by atoms with van der Waals surface area (Å²) in [5.41, 5.74) is 3.08. The summed E-state index contributed by atoms with van der Waals surface area (Å²) in [5, 5.41) is 2.98. The molecule has 1 aromatic carbocycles. The van der Waals surface area contributed by atoms with E-state index >= 15 is 0 Å². The number of nitrogens with one attached hydrogen (secondary N) is 3. The second kappa shape index (κ2) is 6.49. The highest BCUT2D eigenvalue weighted by atomic mass is 16.2. The Hall–Kier alpha value is -2.80. The first-order valence-corrected chi connectivity index (χ1v) is 8.93. The van der Waals surface area contributed by atoms with E-state index < -0.39 is 0 Å². The summed E-state index contributed by atoms with van der Waals surface area (Å²) in [5.74, 6) is -0.0386. The number of H-pyrrole nitrogens is 2. The Morgan fingerprint density at radius 3 is 2.85 bits per heavy atom. The molecule has 3 heterocycles. The molecule has 3 N–H and O–H groups in total. The van der Waals surface area contributed by atoms with Crippen LogP contribution in [0.4, 0.5) is 5.69 Å². The normalized spacial score (nSPS) is 19.1. The summed E-state index contributed by atoms with van der Waals surface area (Å²) in [6, 6.07) is 9.56. The molecule has 1 aliphatic heterocycles. The van der Waals surface area contributed by atoms with E-state index in [9.17, 15) is 9.59 Å². The van der Waals surface area contributed by atoms with Crippen molar-refractivity contribution in [1.82, 2.24) is 19.4 Å². The third-order valence-electron chi connectivity index (χ3n) is 5.28. The number of hydrogen-bond acceptors (Lipinski definition) is 3. The van der Waals surface area contributed by atoms with Crippen molar-refractivity contribution in [3.05, 3.63) is 52.7 Å². The molecule has 1 fully saturated rings. The fraction of sp³-hybridized carbons (Fsp3) is 0.368. The summed E-state index contributed by atoms with van der Waals surface area (Å²) in [7, 11) is 2.05. The minimum atomic E-state index is -0.251. The third kappa shape index (κ3) is 2.94. The van der Waals surface area contributed by atoms with Gasteiger partial charge in [0.05, 0.1) is 23.1 Å². The number of amides is 1. The number of fused-ring (bicyclic) bond motifs is 1. The first-order valence-electron chi connectivity index (χ1n) is 8.93. The number of aromatic amines is 2. The van der Waals surface area contributed by atoms with Crippen LogP contribution < -0.4 is 11.0 Å². The summed E-state index contributed by atoms with van der Waals surface area (Å²) < 4.78 is 2.13. The Kier molecular flexibility index (Phi) is 4.16. The van der Waals surface area contributed by atoms with Crippen molar-refractivity contribution in [2.75, 3.05) is 11.9 Å². The largest absolute Gasteiger partial charge is 0.353 e. The van der Waals surface area contributed by atoms with Crippen molar-refractivity contribution in [2.24, 2.45) is 7.05 Å². The third-order valence-corrected chi connectivity index (χ3v) is 5.28. The van der Waals surface area contributed by atoms with Gasteiger partial charge >= 0.3 is 5.69 Å². The molecule has 0 unspecified atom stereocenters. The maximum absolute atomic E-state index is 12.8. The Morgan fingerprint density at radius 1 is 1.27 bits per heavy atom. The van der Waals surface area contributed by atoms with Gasteiger partial charge in [0.2, 0.25) is 5.91 Å². The van der Waals surface area contributed by atoms with Crippen molar-refractivity contribution < 1.29 is 4.79 Å². The number of hydrogen-bond donors (Lipinski definition) is 3. The molecule has 0 spiro atoms. The molecule has 1 aliphatic rings.